The molecule has 1 aromatic heterocycles. The Hall–Kier alpha value is -2.96. The fourth-order valence-electron chi connectivity index (χ4n) is 3.25. The number of methoxy groups -OCH3 is 2. The van der Waals surface area contributed by atoms with Crippen molar-refractivity contribution in [3.63, 3.8) is 0 Å². The van der Waals surface area contributed by atoms with E-state index in [4.69, 9.17) is 13.9 Å². The van der Waals surface area contributed by atoms with Crippen molar-refractivity contribution < 1.29 is 28.6 Å². The fraction of sp³-hybridized carbons (Fsp3) is 0.368. The zero-order valence-corrected chi connectivity index (χ0v) is 14.9. The van der Waals surface area contributed by atoms with Crippen LogP contribution < -0.4 is 9.47 Å². The number of likely N-dealkylation sites (tertiary alicyclic amines) is 1. The van der Waals surface area contributed by atoms with E-state index < -0.39 is 12.0 Å². The quantitative estimate of drug-likeness (QED) is 0.883. The fourth-order valence-corrected chi connectivity index (χ4v) is 3.25. The number of rotatable bonds is 5. The molecule has 26 heavy (non-hydrogen) atoms. The number of carboxylic acids is 1. The summed E-state index contributed by atoms with van der Waals surface area (Å²) in [6, 6.07) is 6.21. The summed E-state index contributed by atoms with van der Waals surface area (Å²) in [6.45, 7) is 2.13. The van der Waals surface area contributed by atoms with Crippen LogP contribution in [0.3, 0.4) is 0 Å². The molecule has 0 aliphatic carbocycles. The third kappa shape index (κ3) is 3.12. The normalized spacial score (nSPS) is 16.6. The molecule has 7 heteroatoms. The second-order valence-corrected chi connectivity index (χ2v) is 6.15. The van der Waals surface area contributed by atoms with Crippen molar-refractivity contribution in [3.8, 4) is 22.8 Å². The van der Waals surface area contributed by atoms with Gasteiger partial charge in [0.1, 0.15) is 17.6 Å². The van der Waals surface area contributed by atoms with E-state index in [1.54, 1.807) is 39.3 Å². The lowest BCUT2D eigenvalue weighted by Crippen LogP contribution is -2.40. The molecule has 7 nitrogen and oxygen atoms in total. The highest BCUT2D eigenvalue weighted by Crippen LogP contribution is 2.34. The molecule has 1 fully saturated rings. The van der Waals surface area contributed by atoms with Crippen LogP contribution in [-0.4, -0.2) is 48.7 Å². The maximum atomic E-state index is 12.8. The monoisotopic (exact) mass is 359 g/mol. The van der Waals surface area contributed by atoms with E-state index in [0.29, 0.717) is 48.0 Å². The molecule has 2 aromatic rings. The third-order valence-electron chi connectivity index (χ3n) is 4.61. The van der Waals surface area contributed by atoms with Gasteiger partial charge in [-0.25, -0.2) is 4.79 Å². The maximum absolute atomic E-state index is 12.8. The molecule has 1 atom stereocenters. The van der Waals surface area contributed by atoms with Gasteiger partial charge in [0, 0.05) is 12.1 Å². The van der Waals surface area contributed by atoms with E-state index in [-0.39, 0.29) is 5.91 Å². The van der Waals surface area contributed by atoms with Crippen molar-refractivity contribution in [3.05, 3.63) is 35.6 Å². The first-order chi connectivity index (χ1) is 12.5. The number of furan rings is 1. The molecule has 1 N–H and O–H groups in total. The van der Waals surface area contributed by atoms with Gasteiger partial charge in [-0.2, -0.15) is 0 Å². The van der Waals surface area contributed by atoms with Crippen molar-refractivity contribution >= 4 is 11.9 Å². The Morgan fingerprint density at radius 1 is 1.19 bits per heavy atom. The number of amides is 1. The van der Waals surface area contributed by atoms with E-state index in [9.17, 15) is 14.7 Å². The molecule has 1 aliphatic rings. The number of carbonyl (C=O) groups is 2. The first kappa shape index (κ1) is 17.8. The number of benzene rings is 1. The highest BCUT2D eigenvalue weighted by Gasteiger charge is 2.35. The Labute approximate surface area is 151 Å². The lowest BCUT2D eigenvalue weighted by atomic mass is 10.1. The molecule has 1 saturated heterocycles. The minimum Gasteiger partial charge on any atom is -0.493 e. The van der Waals surface area contributed by atoms with Gasteiger partial charge in [0.15, 0.2) is 11.5 Å². The van der Waals surface area contributed by atoms with Crippen LogP contribution in [0.2, 0.25) is 0 Å². The van der Waals surface area contributed by atoms with Crippen LogP contribution in [0.4, 0.5) is 0 Å². The predicted molar refractivity (Wildman–Crippen MR) is 93.7 cm³/mol. The Balaban J connectivity index is 1.92. The minimum atomic E-state index is -0.975. The molecule has 138 valence electrons. The molecule has 0 spiro atoms. The van der Waals surface area contributed by atoms with E-state index in [1.807, 2.05) is 6.07 Å². The molecule has 2 heterocycles. The van der Waals surface area contributed by atoms with Gasteiger partial charge < -0.3 is 23.9 Å². The van der Waals surface area contributed by atoms with Crippen molar-refractivity contribution in [1.29, 1.82) is 0 Å². The van der Waals surface area contributed by atoms with E-state index in [1.165, 1.54) is 4.90 Å². The molecule has 0 radical (unpaired) electrons. The van der Waals surface area contributed by atoms with Crippen LogP contribution in [0.25, 0.3) is 11.3 Å². The minimum absolute atomic E-state index is 0.317. The highest BCUT2D eigenvalue weighted by molar-refractivity contribution is 5.98. The Morgan fingerprint density at radius 2 is 1.92 bits per heavy atom. The number of hydrogen-bond acceptors (Lipinski definition) is 5. The van der Waals surface area contributed by atoms with Crippen LogP contribution in [0.1, 0.15) is 29.0 Å². The maximum Gasteiger partial charge on any atom is 0.326 e. The summed E-state index contributed by atoms with van der Waals surface area (Å²) in [5.74, 6) is 0.822. The van der Waals surface area contributed by atoms with Crippen LogP contribution in [0.5, 0.6) is 11.5 Å². The van der Waals surface area contributed by atoms with Gasteiger partial charge in [-0.3, -0.25) is 4.79 Å². The van der Waals surface area contributed by atoms with Gasteiger partial charge in [-0.1, -0.05) is 0 Å². The van der Waals surface area contributed by atoms with E-state index in [0.717, 1.165) is 5.56 Å². The lowest BCUT2D eigenvalue weighted by Gasteiger charge is -2.20. The molecule has 3 rings (SSSR count). The molecule has 1 aliphatic heterocycles. The summed E-state index contributed by atoms with van der Waals surface area (Å²) in [6.07, 6.45) is 1.16. The zero-order valence-electron chi connectivity index (χ0n) is 14.9. The van der Waals surface area contributed by atoms with Crippen LogP contribution in [0.15, 0.2) is 28.7 Å². The molecular weight excluding hydrogens is 338 g/mol. The van der Waals surface area contributed by atoms with Gasteiger partial charge >= 0.3 is 5.97 Å². The SMILES string of the molecule is COc1ccc(-c2cc(C(=O)N3CCC[C@@H]3C(=O)O)c(C)o2)cc1OC. The van der Waals surface area contributed by atoms with Gasteiger partial charge in [-0.05, 0) is 44.0 Å². The van der Waals surface area contributed by atoms with Crippen LogP contribution in [0, 0.1) is 6.92 Å². The van der Waals surface area contributed by atoms with Crippen molar-refractivity contribution in [2.24, 2.45) is 0 Å². The van der Waals surface area contributed by atoms with Crippen LogP contribution in [-0.2, 0) is 4.79 Å². The summed E-state index contributed by atoms with van der Waals surface area (Å²) in [5, 5.41) is 9.30. The number of ether oxygens (including phenoxy) is 2. The number of carbonyl (C=O) groups excluding carboxylic acids is 1. The molecule has 1 amide bonds. The summed E-state index contributed by atoms with van der Waals surface area (Å²) < 4.78 is 16.3. The molecule has 0 unspecified atom stereocenters. The van der Waals surface area contributed by atoms with E-state index in [2.05, 4.69) is 0 Å². The Kier molecular flexibility index (Phi) is 4.88. The first-order valence-electron chi connectivity index (χ1n) is 8.33. The van der Waals surface area contributed by atoms with Gasteiger partial charge in [0.05, 0.1) is 19.8 Å². The predicted octanol–water partition coefficient (Wildman–Crippen LogP) is 2.96. The average molecular weight is 359 g/mol. The van der Waals surface area contributed by atoms with Gasteiger partial charge in [0.25, 0.3) is 5.91 Å². The van der Waals surface area contributed by atoms with Crippen LogP contribution >= 0.6 is 0 Å². The standard InChI is InChI=1S/C19H21NO6/c1-11-13(18(21)20-8-4-5-14(20)19(22)23)10-16(26-11)12-6-7-15(24-2)17(9-12)25-3/h6-7,9-10,14H,4-5,8H2,1-3H3,(H,22,23)/t14-/m1/s1. The number of aliphatic carboxylic acids is 1. The topological polar surface area (TPSA) is 89.2 Å². The molecule has 0 bridgehead atoms. The summed E-state index contributed by atoms with van der Waals surface area (Å²) in [7, 11) is 3.10. The highest BCUT2D eigenvalue weighted by atomic mass is 16.5. The van der Waals surface area contributed by atoms with Gasteiger partial charge in [-0.15, -0.1) is 0 Å². The third-order valence-corrected chi connectivity index (χ3v) is 4.61. The molecule has 0 saturated carbocycles. The zero-order chi connectivity index (χ0) is 18.8. The number of carboxylic acid groups (broad SMARTS) is 1. The molecular formula is C19H21NO6. The first-order valence-corrected chi connectivity index (χ1v) is 8.33. The average Bonchev–Trinajstić information content (AvgIpc) is 3.27. The van der Waals surface area contributed by atoms with Gasteiger partial charge in [0.2, 0.25) is 0 Å². The van der Waals surface area contributed by atoms with Crippen molar-refractivity contribution in [2.75, 3.05) is 20.8 Å². The number of hydrogen-bond donors (Lipinski definition) is 1. The largest absolute Gasteiger partial charge is 0.493 e. The summed E-state index contributed by atoms with van der Waals surface area (Å²) >= 11 is 0. The van der Waals surface area contributed by atoms with E-state index >= 15 is 0 Å². The summed E-state index contributed by atoms with van der Waals surface area (Å²) in [4.78, 5) is 25.6. The second kappa shape index (κ2) is 7.11. The summed E-state index contributed by atoms with van der Waals surface area (Å²) in [5.41, 5.74) is 1.11. The lowest BCUT2D eigenvalue weighted by molar-refractivity contribution is -0.141. The smallest absolute Gasteiger partial charge is 0.326 e. The Bertz CT molecular complexity index is 841. The number of nitrogens with zero attached hydrogens (tertiary/aromatic N) is 1. The second-order valence-electron chi connectivity index (χ2n) is 6.15. The number of aryl methyl sites for hydroxylation is 1. The Morgan fingerprint density at radius 3 is 2.58 bits per heavy atom. The van der Waals surface area contributed by atoms with Crippen molar-refractivity contribution in [2.45, 2.75) is 25.8 Å². The van der Waals surface area contributed by atoms with Crippen molar-refractivity contribution in [1.82, 2.24) is 4.90 Å². The molecule has 1 aromatic carbocycles.